The van der Waals surface area contributed by atoms with Crippen molar-refractivity contribution in [1.82, 2.24) is 10.3 Å². The van der Waals surface area contributed by atoms with Gasteiger partial charge in [-0.05, 0) is 42.5 Å². The van der Waals surface area contributed by atoms with Crippen molar-refractivity contribution in [2.24, 2.45) is 17.3 Å². The number of ether oxygens (including phenoxy) is 2. The number of fused-ring (bicyclic) bond motifs is 3. The normalized spacial score (nSPS) is 35.3. The minimum absolute atomic E-state index is 0.0173. The number of aromatic nitrogens is 1. The molecule has 0 saturated heterocycles. The van der Waals surface area contributed by atoms with E-state index in [1.165, 1.54) is 13.8 Å². The number of carbonyl (C=O) groups excluding carboxylic acids is 3. The molecule has 1 fully saturated rings. The van der Waals surface area contributed by atoms with Crippen LogP contribution < -0.4 is 5.32 Å². The number of nitrogens with one attached hydrogen (secondary N) is 1. The van der Waals surface area contributed by atoms with Crippen LogP contribution >= 0.6 is 0 Å². The van der Waals surface area contributed by atoms with Gasteiger partial charge in [0.1, 0.15) is 17.5 Å². The molecular weight excluding hydrogens is 444 g/mol. The van der Waals surface area contributed by atoms with Gasteiger partial charge in [-0.1, -0.05) is 25.1 Å². The zero-order valence-electron chi connectivity index (χ0n) is 20.7. The molecule has 2 heterocycles. The van der Waals surface area contributed by atoms with Gasteiger partial charge in [0, 0.05) is 62.9 Å². The first kappa shape index (κ1) is 23.5. The van der Waals surface area contributed by atoms with E-state index in [2.05, 4.69) is 29.4 Å². The van der Waals surface area contributed by atoms with Gasteiger partial charge in [-0.15, -0.1) is 0 Å². The highest BCUT2D eigenvalue weighted by atomic mass is 16.6. The van der Waals surface area contributed by atoms with Crippen LogP contribution in [-0.4, -0.2) is 40.9 Å². The first-order valence-electron chi connectivity index (χ1n) is 12.3. The highest BCUT2D eigenvalue weighted by Gasteiger charge is 2.63. The molecule has 1 amide bonds. The minimum Gasteiger partial charge on any atom is -0.489 e. The quantitative estimate of drug-likeness (QED) is 0.665. The summed E-state index contributed by atoms with van der Waals surface area (Å²) in [5.41, 5.74) is 1.58. The topological polar surface area (TPSA) is 94.6 Å². The fourth-order valence-corrected chi connectivity index (χ4v) is 6.87. The van der Waals surface area contributed by atoms with E-state index < -0.39 is 5.60 Å². The van der Waals surface area contributed by atoms with Crippen molar-refractivity contribution in [1.29, 1.82) is 0 Å². The largest absolute Gasteiger partial charge is 0.489 e. The number of carbonyl (C=O) groups is 3. The van der Waals surface area contributed by atoms with Crippen molar-refractivity contribution in [3.63, 3.8) is 0 Å². The number of hydrogen-bond donors (Lipinski definition) is 1. The van der Waals surface area contributed by atoms with Gasteiger partial charge in [0.15, 0.2) is 5.78 Å². The highest BCUT2D eigenvalue weighted by Crippen LogP contribution is 2.64. The Kier molecular flexibility index (Phi) is 5.69. The predicted octanol–water partition coefficient (Wildman–Crippen LogP) is 3.78. The van der Waals surface area contributed by atoms with Crippen LogP contribution in [0.15, 0.2) is 59.7 Å². The van der Waals surface area contributed by atoms with Crippen LogP contribution in [0.25, 0.3) is 0 Å². The van der Waals surface area contributed by atoms with Crippen LogP contribution in [0, 0.1) is 17.3 Å². The molecule has 7 nitrogen and oxygen atoms in total. The third kappa shape index (κ3) is 4.01. The average Bonchev–Trinajstić information content (AvgIpc) is 3.03. The molecule has 1 saturated carbocycles. The fraction of sp³-hybridized carbons (Fsp3) is 0.500. The Bertz CT molecular complexity index is 1170. The summed E-state index contributed by atoms with van der Waals surface area (Å²) in [7, 11) is 0. The molecule has 0 radical (unpaired) electrons. The third-order valence-electron chi connectivity index (χ3n) is 8.15. The Hall–Kier alpha value is -3.22. The molecule has 1 aromatic rings. The molecule has 1 aromatic heterocycles. The maximum absolute atomic E-state index is 12.9. The van der Waals surface area contributed by atoms with E-state index >= 15 is 0 Å². The Morgan fingerprint density at radius 3 is 2.74 bits per heavy atom. The van der Waals surface area contributed by atoms with Gasteiger partial charge >= 0.3 is 5.97 Å². The minimum atomic E-state index is -0.734. The van der Waals surface area contributed by atoms with Gasteiger partial charge < -0.3 is 14.8 Å². The third-order valence-corrected chi connectivity index (χ3v) is 8.15. The van der Waals surface area contributed by atoms with Gasteiger partial charge in [0.05, 0.1) is 5.57 Å². The summed E-state index contributed by atoms with van der Waals surface area (Å²) in [6.07, 6.45) is 11.3. The lowest BCUT2D eigenvalue weighted by molar-refractivity contribution is -0.157. The summed E-state index contributed by atoms with van der Waals surface area (Å²) in [6.45, 7) is 7.60. The molecule has 0 aromatic carbocycles. The van der Waals surface area contributed by atoms with Crippen molar-refractivity contribution >= 4 is 17.7 Å². The molecule has 3 aliphatic carbocycles. The lowest BCUT2D eigenvalue weighted by Gasteiger charge is -2.45. The van der Waals surface area contributed by atoms with Gasteiger partial charge in [-0.25, -0.2) is 0 Å². The number of hydrogen-bond acceptors (Lipinski definition) is 6. The lowest BCUT2D eigenvalue weighted by Crippen LogP contribution is -2.42. The Morgan fingerprint density at radius 1 is 1.26 bits per heavy atom. The van der Waals surface area contributed by atoms with Crippen molar-refractivity contribution in [2.45, 2.75) is 64.6 Å². The van der Waals surface area contributed by atoms with Gasteiger partial charge in [0.25, 0.3) is 0 Å². The van der Waals surface area contributed by atoms with Gasteiger partial charge in [0.2, 0.25) is 5.91 Å². The number of pyridine rings is 1. The molecule has 35 heavy (non-hydrogen) atoms. The summed E-state index contributed by atoms with van der Waals surface area (Å²) in [5.74, 6) is 0.304. The van der Waals surface area contributed by atoms with Gasteiger partial charge in [-0.3, -0.25) is 19.4 Å². The van der Waals surface area contributed by atoms with E-state index in [9.17, 15) is 14.4 Å². The van der Waals surface area contributed by atoms with E-state index in [1.54, 1.807) is 6.20 Å². The number of amides is 1. The van der Waals surface area contributed by atoms with Crippen LogP contribution in [0.4, 0.5) is 0 Å². The molecule has 1 aliphatic heterocycles. The van der Waals surface area contributed by atoms with Crippen molar-refractivity contribution in [3.05, 3.63) is 65.2 Å². The second-order valence-electron chi connectivity index (χ2n) is 10.8. The first-order valence-corrected chi connectivity index (χ1v) is 12.3. The van der Waals surface area contributed by atoms with E-state index in [1.807, 2.05) is 31.3 Å². The molecule has 7 heteroatoms. The summed E-state index contributed by atoms with van der Waals surface area (Å²) in [5, 5.41) is 2.83. The zero-order chi connectivity index (χ0) is 25.0. The average molecular weight is 477 g/mol. The smallest absolute Gasteiger partial charge is 0.303 e. The van der Waals surface area contributed by atoms with Crippen molar-refractivity contribution in [2.75, 3.05) is 6.54 Å². The molecular formula is C28H32N2O5. The number of esters is 1. The number of allylic oxidation sites excluding steroid dienone is 4. The monoisotopic (exact) mass is 476 g/mol. The summed E-state index contributed by atoms with van der Waals surface area (Å²) >= 11 is 0. The predicted molar refractivity (Wildman–Crippen MR) is 129 cm³/mol. The van der Waals surface area contributed by atoms with Crippen LogP contribution in [-0.2, 0) is 23.9 Å². The van der Waals surface area contributed by atoms with E-state index in [0.29, 0.717) is 37.1 Å². The standard InChI is InChI=1S/C28H32N2O5/c1-16(31)30-14-18-10-23(33)21-12-19-7-8-27(3)22(25(19)34-24(21)11-18)13-28(4,35-17(2)32)26(27)20-6-5-9-29-15-20/h5-9,12,15,18,22,25-26H,10-11,13-14H2,1-4H3,(H,30,31)/t18?,22-,25+,26+,27-,28?/m0/s1. The van der Waals surface area contributed by atoms with Crippen LogP contribution in [0.2, 0.25) is 0 Å². The second-order valence-corrected chi connectivity index (χ2v) is 10.8. The molecule has 6 atom stereocenters. The Balaban J connectivity index is 1.50. The first-order chi connectivity index (χ1) is 16.6. The lowest BCUT2D eigenvalue weighted by atomic mass is 9.64. The summed E-state index contributed by atoms with van der Waals surface area (Å²) < 4.78 is 12.6. The van der Waals surface area contributed by atoms with Crippen LogP contribution in [0.3, 0.4) is 0 Å². The van der Waals surface area contributed by atoms with Crippen LogP contribution in [0.5, 0.6) is 0 Å². The number of Topliss-reactive ketones (excluding diaryl/α,β-unsaturated/α-hetero) is 1. The maximum atomic E-state index is 12.9. The zero-order valence-corrected chi connectivity index (χ0v) is 20.7. The Morgan fingerprint density at radius 2 is 2.06 bits per heavy atom. The summed E-state index contributed by atoms with van der Waals surface area (Å²) in [4.78, 5) is 40.8. The highest BCUT2D eigenvalue weighted by molar-refractivity contribution is 6.00. The molecule has 2 unspecified atom stereocenters. The van der Waals surface area contributed by atoms with Gasteiger partial charge in [-0.2, -0.15) is 0 Å². The van der Waals surface area contributed by atoms with Crippen molar-refractivity contribution in [3.8, 4) is 0 Å². The van der Waals surface area contributed by atoms with E-state index in [4.69, 9.17) is 9.47 Å². The second kappa shape index (κ2) is 8.47. The van der Waals surface area contributed by atoms with Crippen LogP contribution in [0.1, 0.15) is 58.4 Å². The SMILES string of the molecule is CC(=O)NCC1CC(=O)C2=C(C1)O[C@@H]1C(=C2)C=C[C@@]2(C)[C@H]1CC(C)(OC(C)=O)[C@@H]2c1cccnc1. The van der Waals surface area contributed by atoms with Crippen molar-refractivity contribution < 1.29 is 23.9 Å². The number of nitrogens with zero attached hydrogens (tertiary/aromatic N) is 1. The molecule has 0 bridgehead atoms. The molecule has 5 rings (SSSR count). The van der Waals surface area contributed by atoms with E-state index in [-0.39, 0.29) is 46.9 Å². The number of rotatable bonds is 4. The van der Waals surface area contributed by atoms with E-state index in [0.717, 1.165) is 11.1 Å². The molecule has 4 aliphatic rings. The number of ketones is 1. The maximum Gasteiger partial charge on any atom is 0.303 e. The fourth-order valence-electron chi connectivity index (χ4n) is 6.87. The molecule has 184 valence electrons. The Labute approximate surface area is 205 Å². The summed E-state index contributed by atoms with van der Waals surface area (Å²) in [6, 6.07) is 3.95. The molecule has 1 N–H and O–H groups in total. The molecule has 0 spiro atoms.